The Kier molecular flexibility index (Phi) is 5.22. The molecule has 8 nitrogen and oxygen atoms in total. The highest BCUT2D eigenvalue weighted by atomic mass is 16.6. The summed E-state index contributed by atoms with van der Waals surface area (Å²) >= 11 is 0. The van der Waals surface area contributed by atoms with E-state index in [2.05, 4.69) is 5.16 Å². The van der Waals surface area contributed by atoms with E-state index in [4.69, 9.17) is 9.57 Å². The van der Waals surface area contributed by atoms with Gasteiger partial charge in [-0.3, -0.25) is 14.9 Å². The molecule has 1 heterocycles. The summed E-state index contributed by atoms with van der Waals surface area (Å²) in [5.74, 6) is -0.158. The number of morpholine rings is 1. The molecular weight excluding hydrogens is 278 g/mol. The molecule has 0 N–H and O–H groups in total. The van der Waals surface area contributed by atoms with Crippen LogP contribution in [0, 0.1) is 10.1 Å². The maximum atomic E-state index is 11.7. The number of nitrogens with zero attached hydrogens (tertiary/aromatic N) is 3. The summed E-state index contributed by atoms with van der Waals surface area (Å²) in [6.45, 7) is 2.00. The normalized spacial score (nSPS) is 15.1. The fourth-order valence-electron chi connectivity index (χ4n) is 1.81. The average Bonchev–Trinajstić information content (AvgIpc) is 2.52. The van der Waals surface area contributed by atoms with Crippen molar-refractivity contribution in [3.8, 4) is 0 Å². The number of carbonyl (C=O) groups excluding carboxylic acids is 1. The van der Waals surface area contributed by atoms with Crippen LogP contribution in [-0.2, 0) is 14.4 Å². The van der Waals surface area contributed by atoms with E-state index in [1.54, 1.807) is 17.0 Å². The van der Waals surface area contributed by atoms with Gasteiger partial charge in [0.2, 0.25) is 0 Å². The van der Waals surface area contributed by atoms with Gasteiger partial charge in [-0.1, -0.05) is 17.3 Å². The molecule has 0 atom stereocenters. The lowest BCUT2D eigenvalue weighted by atomic mass is 10.2. The van der Waals surface area contributed by atoms with Crippen molar-refractivity contribution in [1.82, 2.24) is 4.90 Å². The smallest absolute Gasteiger partial charge is 0.270 e. The number of amides is 1. The Labute approximate surface area is 121 Å². The zero-order valence-electron chi connectivity index (χ0n) is 11.3. The molecule has 1 amide bonds. The van der Waals surface area contributed by atoms with Crippen LogP contribution >= 0.6 is 0 Å². The molecule has 0 radical (unpaired) electrons. The van der Waals surface area contributed by atoms with Gasteiger partial charge in [0.05, 0.1) is 24.4 Å². The number of rotatable bonds is 5. The van der Waals surface area contributed by atoms with Gasteiger partial charge in [-0.25, -0.2) is 0 Å². The SMILES string of the molecule is O=C(CO/N=C/c1cccc([N+](=O)[O-])c1)N1CCOCC1. The van der Waals surface area contributed by atoms with Crippen LogP contribution in [0.1, 0.15) is 5.56 Å². The van der Waals surface area contributed by atoms with Gasteiger partial charge in [-0.05, 0) is 0 Å². The summed E-state index contributed by atoms with van der Waals surface area (Å²) in [6, 6.07) is 5.97. The Balaban J connectivity index is 1.81. The molecule has 112 valence electrons. The monoisotopic (exact) mass is 293 g/mol. The summed E-state index contributed by atoms with van der Waals surface area (Å²) in [6.07, 6.45) is 1.33. The fourth-order valence-corrected chi connectivity index (χ4v) is 1.81. The molecule has 0 bridgehead atoms. The topological polar surface area (TPSA) is 94.3 Å². The standard InChI is InChI=1S/C13H15N3O5/c17-13(15-4-6-20-7-5-15)10-21-14-9-11-2-1-3-12(8-11)16(18)19/h1-3,8-9H,4-7,10H2/b14-9+. The number of oxime groups is 1. The van der Waals surface area contributed by atoms with Crippen LogP contribution < -0.4 is 0 Å². The van der Waals surface area contributed by atoms with Crippen LogP contribution in [-0.4, -0.2) is 54.9 Å². The van der Waals surface area contributed by atoms with Gasteiger partial charge in [-0.15, -0.1) is 0 Å². The molecule has 1 aromatic carbocycles. The number of ether oxygens (including phenoxy) is 1. The molecule has 2 rings (SSSR count). The van der Waals surface area contributed by atoms with Crippen molar-refractivity contribution in [3.63, 3.8) is 0 Å². The predicted molar refractivity (Wildman–Crippen MR) is 74.0 cm³/mol. The maximum Gasteiger partial charge on any atom is 0.270 e. The van der Waals surface area contributed by atoms with Crippen LogP contribution in [0.15, 0.2) is 29.4 Å². The number of benzene rings is 1. The van der Waals surface area contributed by atoms with Crippen LogP contribution in [0.25, 0.3) is 0 Å². The molecular formula is C13H15N3O5. The number of hydrogen-bond donors (Lipinski definition) is 0. The largest absolute Gasteiger partial charge is 0.386 e. The first-order valence-electron chi connectivity index (χ1n) is 6.42. The zero-order chi connectivity index (χ0) is 15.1. The highest BCUT2D eigenvalue weighted by molar-refractivity contribution is 5.80. The number of non-ortho nitro benzene ring substituents is 1. The van der Waals surface area contributed by atoms with E-state index >= 15 is 0 Å². The second-order valence-electron chi connectivity index (χ2n) is 4.35. The minimum absolute atomic E-state index is 0.0247. The lowest BCUT2D eigenvalue weighted by Gasteiger charge is -2.26. The maximum absolute atomic E-state index is 11.7. The van der Waals surface area contributed by atoms with Crippen molar-refractivity contribution in [2.24, 2.45) is 5.16 Å². The highest BCUT2D eigenvalue weighted by Gasteiger charge is 2.16. The number of nitro groups is 1. The average molecular weight is 293 g/mol. The Morgan fingerprint density at radius 1 is 1.48 bits per heavy atom. The van der Waals surface area contributed by atoms with Crippen molar-refractivity contribution in [2.45, 2.75) is 0 Å². The van der Waals surface area contributed by atoms with E-state index in [1.807, 2.05) is 0 Å². The molecule has 0 unspecified atom stereocenters. The van der Waals surface area contributed by atoms with E-state index < -0.39 is 4.92 Å². The molecule has 21 heavy (non-hydrogen) atoms. The first kappa shape index (κ1) is 14.9. The molecule has 0 aromatic heterocycles. The summed E-state index contributed by atoms with van der Waals surface area (Å²) in [7, 11) is 0. The van der Waals surface area contributed by atoms with Crippen molar-refractivity contribution in [2.75, 3.05) is 32.9 Å². The van der Waals surface area contributed by atoms with E-state index in [9.17, 15) is 14.9 Å². The molecule has 8 heteroatoms. The first-order chi connectivity index (χ1) is 10.2. The minimum Gasteiger partial charge on any atom is -0.386 e. The summed E-state index contributed by atoms with van der Waals surface area (Å²) in [5, 5.41) is 14.3. The van der Waals surface area contributed by atoms with Crippen molar-refractivity contribution in [1.29, 1.82) is 0 Å². The van der Waals surface area contributed by atoms with E-state index in [1.165, 1.54) is 18.3 Å². The van der Waals surface area contributed by atoms with Gasteiger partial charge >= 0.3 is 0 Å². The van der Waals surface area contributed by atoms with Gasteiger partial charge in [0.25, 0.3) is 11.6 Å². The van der Waals surface area contributed by atoms with Gasteiger partial charge in [0.1, 0.15) is 0 Å². The Hall–Kier alpha value is -2.48. The molecule has 1 saturated heterocycles. The van der Waals surface area contributed by atoms with Gasteiger partial charge < -0.3 is 14.5 Å². The van der Waals surface area contributed by atoms with Crippen molar-refractivity contribution >= 4 is 17.8 Å². The van der Waals surface area contributed by atoms with Crippen LogP contribution in [0.4, 0.5) is 5.69 Å². The second kappa shape index (κ2) is 7.34. The van der Waals surface area contributed by atoms with Crippen LogP contribution in [0.2, 0.25) is 0 Å². The Bertz CT molecular complexity index is 540. The Morgan fingerprint density at radius 2 is 2.24 bits per heavy atom. The number of nitro benzene ring substituents is 1. The fraction of sp³-hybridized carbons (Fsp3) is 0.385. The van der Waals surface area contributed by atoms with Gasteiger partial charge in [0.15, 0.2) is 6.61 Å². The number of hydrogen-bond acceptors (Lipinski definition) is 6. The molecule has 1 aliphatic heterocycles. The summed E-state index contributed by atoms with van der Waals surface area (Å²) in [5.41, 5.74) is 0.506. The van der Waals surface area contributed by atoms with E-state index in [-0.39, 0.29) is 18.2 Å². The second-order valence-corrected chi connectivity index (χ2v) is 4.35. The molecule has 1 aromatic rings. The molecule has 0 spiro atoms. The third-order valence-corrected chi connectivity index (χ3v) is 2.91. The van der Waals surface area contributed by atoms with E-state index in [0.29, 0.717) is 31.9 Å². The van der Waals surface area contributed by atoms with Crippen molar-refractivity contribution in [3.05, 3.63) is 39.9 Å². The molecule has 0 saturated carbocycles. The van der Waals surface area contributed by atoms with Gasteiger partial charge in [0, 0.05) is 30.8 Å². The summed E-state index contributed by atoms with van der Waals surface area (Å²) in [4.78, 5) is 28.4. The Morgan fingerprint density at radius 3 is 2.95 bits per heavy atom. The highest BCUT2D eigenvalue weighted by Crippen LogP contribution is 2.11. The lowest BCUT2D eigenvalue weighted by Crippen LogP contribution is -2.42. The molecule has 1 fully saturated rings. The first-order valence-corrected chi connectivity index (χ1v) is 6.42. The lowest BCUT2D eigenvalue weighted by molar-refractivity contribution is -0.384. The molecule has 1 aliphatic rings. The third-order valence-electron chi connectivity index (χ3n) is 2.91. The van der Waals surface area contributed by atoms with Gasteiger partial charge in [-0.2, -0.15) is 0 Å². The quantitative estimate of drug-likeness (QED) is 0.455. The molecule has 0 aliphatic carbocycles. The zero-order valence-corrected chi connectivity index (χ0v) is 11.3. The summed E-state index contributed by atoms with van der Waals surface area (Å²) < 4.78 is 5.14. The van der Waals surface area contributed by atoms with Crippen LogP contribution in [0.5, 0.6) is 0 Å². The van der Waals surface area contributed by atoms with E-state index in [0.717, 1.165) is 0 Å². The predicted octanol–water partition coefficient (Wildman–Crippen LogP) is 0.804. The third kappa shape index (κ3) is 4.53. The minimum atomic E-state index is -0.486. The van der Waals surface area contributed by atoms with Crippen LogP contribution in [0.3, 0.4) is 0 Å². The van der Waals surface area contributed by atoms with Crippen molar-refractivity contribution < 1.29 is 19.3 Å². The number of carbonyl (C=O) groups is 1.